The van der Waals surface area contributed by atoms with Gasteiger partial charge in [-0.3, -0.25) is 9.59 Å². The fraction of sp³-hybridized carbons (Fsp3) is 0.462. The summed E-state index contributed by atoms with van der Waals surface area (Å²) in [4.78, 5) is 47.9. The second-order valence-corrected chi connectivity index (χ2v) is 8.92. The second-order valence-electron chi connectivity index (χ2n) is 8.92. The smallest absolute Gasteiger partial charge is 0.339 e. The number of nitrogens with zero attached hydrogens (tertiary/aromatic N) is 4. The highest BCUT2D eigenvalue weighted by Gasteiger charge is 2.32. The zero-order chi connectivity index (χ0) is 24.8. The molecule has 2 aromatic rings. The molecule has 0 N–H and O–H groups in total. The van der Waals surface area contributed by atoms with Crippen molar-refractivity contribution in [2.24, 2.45) is 5.92 Å². The Morgan fingerprint density at radius 3 is 2.40 bits per heavy atom. The summed E-state index contributed by atoms with van der Waals surface area (Å²) in [6.45, 7) is 5.62. The highest BCUT2D eigenvalue weighted by molar-refractivity contribution is 5.89. The van der Waals surface area contributed by atoms with Crippen LogP contribution < -0.4 is 4.90 Å². The van der Waals surface area contributed by atoms with E-state index in [2.05, 4.69) is 9.88 Å². The first kappa shape index (κ1) is 24.6. The summed E-state index contributed by atoms with van der Waals surface area (Å²) < 4.78 is 18.1. The number of amides is 2. The van der Waals surface area contributed by atoms with Crippen LogP contribution in [0.15, 0.2) is 42.6 Å². The van der Waals surface area contributed by atoms with Crippen molar-refractivity contribution >= 4 is 23.6 Å². The topological polar surface area (TPSA) is 83.0 Å². The van der Waals surface area contributed by atoms with E-state index < -0.39 is 0 Å². The van der Waals surface area contributed by atoms with Crippen LogP contribution in [0.5, 0.6) is 0 Å². The molecular weight excluding hydrogens is 451 g/mol. The average Bonchev–Trinajstić information content (AvgIpc) is 2.90. The summed E-state index contributed by atoms with van der Waals surface area (Å²) in [5, 5.41) is 0. The molecule has 4 rings (SSSR count). The van der Waals surface area contributed by atoms with Crippen LogP contribution in [-0.4, -0.2) is 78.4 Å². The van der Waals surface area contributed by atoms with Crippen LogP contribution in [0, 0.1) is 11.7 Å². The van der Waals surface area contributed by atoms with E-state index in [9.17, 15) is 18.8 Å². The summed E-state index contributed by atoms with van der Waals surface area (Å²) >= 11 is 0. The molecule has 2 aliphatic heterocycles. The van der Waals surface area contributed by atoms with Crippen LogP contribution in [0.1, 0.15) is 35.7 Å². The van der Waals surface area contributed by atoms with Crippen LogP contribution in [-0.2, 0) is 20.7 Å². The van der Waals surface area contributed by atoms with E-state index >= 15 is 0 Å². The number of halogens is 1. The number of rotatable bonds is 6. The van der Waals surface area contributed by atoms with E-state index in [0.29, 0.717) is 51.4 Å². The Labute approximate surface area is 204 Å². The number of hydrogen-bond acceptors (Lipinski definition) is 6. The number of piperazine rings is 1. The van der Waals surface area contributed by atoms with Crippen molar-refractivity contribution in [3.05, 3.63) is 59.5 Å². The van der Waals surface area contributed by atoms with Gasteiger partial charge in [-0.2, -0.15) is 0 Å². The SMILES string of the molecule is CCOC(=O)c1ccc(N2CCN(C(=O)C3CCCN(C(=O)Cc4ccc(F)cc4)C3)CC2)nc1. The monoisotopic (exact) mass is 482 g/mol. The standard InChI is InChI=1S/C26H31FN4O4/c1-2-35-26(34)20-7-10-23(28-17-20)29-12-14-30(15-13-29)25(33)21-4-3-11-31(18-21)24(32)16-19-5-8-22(27)9-6-19/h5-10,17,21H,2-4,11-16,18H2,1H3. The lowest BCUT2D eigenvalue weighted by Crippen LogP contribution is -2.53. The van der Waals surface area contributed by atoms with Gasteiger partial charge >= 0.3 is 5.97 Å². The number of esters is 1. The maximum absolute atomic E-state index is 13.2. The molecule has 1 aromatic heterocycles. The van der Waals surface area contributed by atoms with Gasteiger partial charge in [0.1, 0.15) is 11.6 Å². The minimum absolute atomic E-state index is 0.0312. The first-order valence-electron chi connectivity index (χ1n) is 12.1. The summed E-state index contributed by atoms with van der Waals surface area (Å²) in [5.74, 6) is -0.0882. The van der Waals surface area contributed by atoms with Gasteiger partial charge in [0.25, 0.3) is 0 Å². The molecule has 0 saturated carbocycles. The van der Waals surface area contributed by atoms with Gasteiger partial charge in [-0.1, -0.05) is 12.1 Å². The van der Waals surface area contributed by atoms with Gasteiger partial charge < -0.3 is 19.4 Å². The largest absolute Gasteiger partial charge is 0.462 e. The third kappa shape index (κ3) is 6.15. The molecule has 35 heavy (non-hydrogen) atoms. The van der Waals surface area contributed by atoms with Crippen molar-refractivity contribution in [2.45, 2.75) is 26.2 Å². The number of carbonyl (C=O) groups is 3. The number of aromatic nitrogens is 1. The molecule has 0 radical (unpaired) electrons. The van der Waals surface area contributed by atoms with Crippen LogP contribution in [0.3, 0.4) is 0 Å². The fourth-order valence-corrected chi connectivity index (χ4v) is 4.62. The van der Waals surface area contributed by atoms with E-state index in [0.717, 1.165) is 24.2 Å². The Bertz CT molecular complexity index is 1040. The molecule has 8 nitrogen and oxygen atoms in total. The molecule has 2 aliphatic rings. The lowest BCUT2D eigenvalue weighted by atomic mass is 9.95. The summed E-state index contributed by atoms with van der Waals surface area (Å²) in [5.41, 5.74) is 1.19. The number of likely N-dealkylation sites (tertiary alicyclic amines) is 1. The van der Waals surface area contributed by atoms with Crippen molar-refractivity contribution in [2.75, 3.05) is 50.8 Å². The molecule has 1 aromatic carbocycles. The van der Waals surface area contributed by atoms with E-state index in [4.69, 9.17) is 4.74 Å². The Morgan fingerprint density at radius 1 is 1.00 bits per heavy atom. The predicted octanol–water partition coefficient (Wildman–Crippen LogP) is 2.53. The highest BCUT2D eigenvalue weighted by Crippen LogP contribution is 2.22. The summed E-state index contributed by atoms with van der Waals surface area (Å²) in [6, 6.07) is 9.47. The number of pyridine rings is 1. The quantitative estimate of drug-likeness (QED) is 0.589. The van der Waals surface area contributed by atoms with Crippen molar-refractivity contribution in [1.82, 2.24) is 14.8 Å². The van der Waals surface area contributed by atoms with Crippen LogP contribution >= 0.6 is 0 Å². The zero-order valence-corrected chi connectivity index (χ0v) is 20.0. The van der Waals surface area contributed by atoms with Gasteiger partial charge in [-0.25, -0.2) is 14.2 Å². The van der Waals surface area contributed by atoms with Crippen LogP contribution in [0.2, 0.25) is 0 Å². The Morgan fingerprint density at radius 2 is 1.74 bits per heavy atom. The molecule has 1 unspecified atom stereocenters. The highest BCUT2D eigenvalue weighted by atomic mass is 19.1. The van der Waals surface area contributed by atoms with Gasteiger partial charge in [0, 0.05) is 45.5 Å². The summed E-state index contributed by atoms with van der Waals surface area (Å²) in [6.07, 6.45) is 3.30. The van der Waals surface area contributed by atoms with Crippen LogP contribution in [0.25, 0.3) is 0 Å². The molecule has 2 amide bonds. The molecular formula is C26H31FN4O4. The number of benzene rings is 1. The van der Waals surface area contributed by atoms with Gasteiger partial charge in [-0.15, -0.1) is 0 Å². The summed E-state index contributed by atoms with van der Waals surface area (Å²) in [7, 11) is 0. The number of piperidine rings is 1. The molecule has 0 bridgehead atoms. The molecule has 3 heterocycles. The molecule has 9 heteroatoms. The van der Waals surface area contributed by atoms with E-state index in [1.165, 1.54) is 18.3 Å². The molecule has 0 spiro atoms. The van der Waals surface area contributed by atoms with Gasteiger partial charge in [0.15, 0.2) is 0 Å². The Hall–Kier alpha value is -3.49. The Kier molecular flexibility index (Phi) is 7.94. The first-order chi connectivity index (χ1) is 16.9. The maximum atomic E-state index is 13.2. The van der Waals surface area contributed by atoms with Gasteiger partial charge in [0.2, 0.25) is 11.8 Å². The number of anilines is 1. The normalized spacial score (nSPS) is 18.3. The molecule has 2 fully saturated rings. The van der Waals surface area contributed by atoms with Gasteiger partial charge in [0.05, 0.1) is 24.5 Å². The van der Waals surface area contributed by atoms with E-state index in [1.807, 2.05) is 4.90 Å². The van der Waals surface area contributed by atoms with Crippen molar-refractivity contribution in [1.29, 1.82) is 0 Å². The van der Waals surface area contributed by atoms with Crippen molar-refractivity contribution in [3.8, 4) is 0 Å². The molecule has 0 aliphatic carbocycles. The van der Waals surface area contributed by atoms with E-state index in [-0.39, 0.29) is 35.9 Å². The van der Waals surface area contributed by atoms with Gasteiger partial charge in [-0.05, 0) is 49.6 Å². The molecule has 1 atom stereocenters. The number of ether oxygens (including phenoxy) is 1. The third-order valence-electron chi connectivity index (χ3n) is 6.57. The fourth-order valence-electron chi connectivity index (χ4n) is 4.62. The predicted molar refractivity (Wildman–Crippen MR) is 128 cm³/mol. The van der Waals surface area contributed by atoms with Crippen molar-refractivity contribution < 1.29 is 23.5 Å². The first-order valence-corrected chi connectivity index (χ1v) is 12.1. The molecule has 2 saturated heterocycles. The van der Waals surface area contributed by atoms with Crippen LogP contribution in [0.4, 0.5) is 10.2 Å². The van der Waals surface area contributed by atoms with E-state index in [1.54, 1.807) is 36.1 Å². The number of hydrogen-bond donors (Lipinski definition) is 0. The minimum atomic E-state index is -0.389. The average molecular weight is 483 g/mol. The minimum Gasteiger partial charge on any atom is -0.462 e. The number of carbonyl (C=O) groups excluding carboxylic acids is 3. The van der Waals surface area contributed by atoms with Crippen molar-refractivity contribution in [3.63, 3.8) is 0 Å². The third-order valence-corrected chi connectivity index (χ3v) is 6.57. The zero-order valence-electron chi connectivity index (χ0n) is 20.0. The Balaban J connectivity index is 1.28. The lowest BCUT2D eigenvalue weighted by molar-refractivity contribution is -0.140. The molecule has 186 valence electrons. The second kappa shape index (κ2) is 11.3. The maximum Gasteiger partial charge on any atom is 0.339 e. The lowest BCUT2D eigenvalue weighted by Gasteiger charge is -2.39.